The Morgan fingerprint density at radius 2 is 1.93 bits per heavy atom. The van der Waals surface area contributed by atoms with Crippen molar-refractivity contribution in [2.75, 3.05) is 6.61 Å². The van der Waals surface area contributed by atoms with Crippen LogP contribution in [0.15, 0.2) is 59.6 Å². The van der Waals surface area contributed by atoms with Crippen molar-refractivity contribution in [1.82, 2.24) is 15.1 Å². The highest BCUT2D eigenvalue weighted by Crippen LogP contribution is 2.31. The molecule has 0 amide bonds. The van der Waals surface area contributed by atoms with Crippen LogP contribution in [-0.4, -0.2) is 22.3 Å². The minimum Gasteiger partial charge on any atom is -0.493 e. The largest absolute Gasteiger partial charge is 0.493 e. The maximum absolute atomic E-state index is 6.20. The molecule has 3 N–H and O–H groups in total. The van der Waals surface area contributed by atoms with Crippen LogP contribution in [-0.2, 0) is 6.54 Å². The Morgan fingerprint density at radius 1 is 1.18 bits per heavy atom. The van der Waals surface area contributed by atoms with Gasteiger partial charge >= 0.3 is 0 Å². The van der Waals surface area contributed by atoms with Gasteiger partial charge in [-0.1, -0.05) is 36.4 Å². The summed E-state index contributed by atoms with van der Waals surface area (Å²) in [5.41, 5.74) is 11.5. The van der Waals surface area contributed by atoms with Crippen molar-refractivity contribution >= 4 is 5.96 Å². The van der Waals surface area contributed by atoms with Gasteiger partial charge in [-0.05, 0) is 32.0 Å². The molecule has 4 rings (SSSR count). The van der Waals surface area contributed by atoms with Gasteiger partial charge in [-0.2, -0.15) is 5.10 Å². The lowest BCUT2D eigenvalue weighted by Gasteiger charge is -2.26. The number of ether oxygens (including phenoxy) is 1. The summed E-state index contributed by atoms with van der Waals surface area (Å²) in [7, 11) is 0. The molecule has 0 saturated heterocycles. The molecule has 0 bridgehead atoms. The van der Waals surface area contributed by atoms with Crippen molar-refractivity contribution in [3.63, 3.8) is 0 Å². The lowest BCUT2D eigenvalue weighted by molar-refractivity contribution is 0.262. The minimum absolute atomic E-state index is 0.114. The summed E-state index contributed by atoms with van der Waals surface area (Å²) >= 11 is 0. The van der Waals surface area contributed by atoms with Gasteiger partial charge in [-0.3, -0.25) is 0 Å². The Morgan fingerprint density at radius 3 is 2.75 bits per heavy atom. The first-order chi connectivity index (χ1) is 13.6. The number of nitrogens with one attached hydrogen (secondary N) is 1. The van der Waals surface area contributed by atoms with Gasteiger partial charge in [0.15, 0.2) is 5.96 Å². The topological polar surface area (TPSA) is 77.5 Å². The fourth-order valence-electron chi connectivity index (χ4n) is 3.60. The van der Waals surface area contributed by atoms with Crippen LogP contribution in [0.25, 0.3) is 5.69 Å². The maximum atomic E-state index is 6.20. The third-order valence-electron chi connectivity index (χ3n) is 5.13. The Labute approximate surface area is 165 Å². The van der Waals surface area contributed by atoms with E-state index in [-0.39, 0.29) is 6.04 Å². The molecule has 6 nitrogen and oxygen atoms in total. The average molecular weight is 375 g/mol. The van der Waals surface area contributed by atoms with Crippen molar-refractivity contribution < 1.29 is 4.74 Å². The molecule has 1 atom stereocenters. The number of guanidine groups is 1. The monoisotopic (exact) mass is 375 g/mol. The number of nitrogens with zero attached hydrogens (tertiary/aromatic N) is 3. The number of aromatic nitrogens is 2. The number of rotatable bonds is 4. The van der Waals surface area contributed by atoms with E-state index in [0.29, 0.717) is 19.1 Å². The molecule has 2 heterocycles. The van der Waals surface area contributed by atoms with Crippen LogP contribution in [0.2, 0.25) is 0 Å². The number of para-hydroxylation sites is 2. The number of aliphatic imine (C=N–C) groups is 1. The molecular weight excluding hydrogens is 350 g/mol. The average Bonchev–Trinajstić information content (AvgIpc) is 3.01. The molecule has 0 saturated carbocycles. The first-order valence-electron chi connectivity index (χ1n) is 9.52. The fourth-order valence-corrected chi connectivity index (χ4v) is 3.60. The second-order valence-electron chi connectivity index (χ2n) is 6.97. The standard InChI is InChI=1S/C22H25N5O/c1-15-19(16(2)27(26-15)17-8-4-3-5-9-17)14-24-22(23)25-20-12-13-28-21-11-7-6-10-18(20)21/h3-11,20H,12-14H2,1-2H3,(H3,23,24,25). The molecule has 28 heavy (non-hydrogen) atoms. The highest BCUT2D eigenvalue weighted by molar-refractivity contribution is 5.78. The van der Waals surface area contributed by atoms with Crippen LogP contribution in [0, 0.1) is 13.8 Å². The Kier molecular flexibility index (Phi) is 5.02. The molecular formula is C22H25N5O. The van der Waals surface area contributed by atoms with Crippen molar-refractivity contribution in [1.29, 1.82) is 0 Å². The quantitative estimate of drug-likeness (QED) is 0.541. The minimum atomic E-state index is 0.114. The van der Waals surface area contributed by atoms with E-state index in [1.54, 1.807) is 0 Å². The normalized spacial score (nSPS) is 16.4. The smallest absolute Gasteiger partial charge is 0.189 e. The predicted octanol–water partition coefficient (Wildman–Crippen LogP) is 3.42. The van der Waals surface area contributed by atoms with E-state index >= 15 is 0 Å². The number of hydrogen-bond acceptors (Lipinski definition) is 3. The summed E-state index contributed by atoms with van der Waals surface area (Å²) in [6.45, 7) is 5.24. The molecule has 1 unspecified atom stereocenters. The zero-order valence-electron chi connectivity index (χ0n) is 16.2. The summed E-state index contributed by atoms with van der Waals surface area (Å²) in [6, 6.07) is 18.3. The van der Waals surface area contributed by atoms with Crippen molar-refractivity contribution in [3.8, 4) is 11.4 Å². The van der Waals surface area contributed by atoms with E-state index in [1.165, 1.54) is 0 Å². The van der Waals surface area contributed by atoms with Crippen LogP contribution >= 0.6 is 0 Å². The number of fused-ring (bicyclic) bond motifs is 1. The van der Waals surface area contributed by atoms with Gasteiger partial charge in [0.05, 0.1) is 30.6 Å². The first-order valence-corrected chi connectivity index (χ1v) is 9.52. The molecule has 0 aliphatic carbocycles. The van der Waals surface area contributed by atoms with E-state index in [4.69, 9.17) is 10.5 Å². The molecule has 3 aromatic rings. The molecule has 0 radical (unpaired) electrons. The molecule has 1 aliphatic rings. The van der Waals surface area contributed by atoms with E-state index < -0.39 is 0 Å². The fraction of sp³-hybridized carbons (Fsp3) is 0.273. The van der Waals surface area contributed by atoms with Gasteiger partial charge in [0, 0.05) is 23.2 Å². The van der Waals surface area contributed by atoms with Crippen LogP contribution in [0.1, 0.15) is 35.0 Å². The van der Waals surface area contributed by atoms with E-state index in [1.807, 2.05) is 60.1 Å². The third-order valence-corrected chi connectivity index (χ3v) is 5.13. The van der Waals surface area contributed by atoms with Crippen LogP contribution < -0.4 is 15.8 Å². The number of benzene rings is 2. The van der Waals surface area contributed by atoms with Gasteiger partial charge in [0.25, 0.3) is 0 Å². The van der Waals surface area contributed by atoms with E-state index in [9.17, 15) is 0 Å². The second-order valence-corrected chi connectivity index (χ2v) is 6.97. The molecule has 6 heteroatoms. The second kappa shape index (κ2) is 7.76. The predicted molar refractivity (Wildman–Crippen MR) is 111 cm³/mol. The van der Waals surface area contributed by atoms with Crippen LogP contribution in [0.5, 0.6) is 5.75 Å². The van der Waals surface area contributed by atoms with Gasteiger partial charge < -0.3 is 15.8 Å². The van der Waals surface area contributed by atoms with Gasteiger partial charge in [-0.25, -0.2) is 9.67 Å². The Bertz CT molecular complexity index is 993. The SMILES string of the molecule is Cc1nn(-c2ccccc2)c(C)c1CN=C(N)NC1CCOc2ccccc21. The molecule has 144 valence electrons. The van der Waals surface area contributed by atoms with Crippen LogP contribution in [0.3, 0.4) is 0 Å². The van der Waals surface area contributed by atoms with Crippen LogP contribution in [0.4, 0.5) is 0 Å². The number of aryl methyl sites for hydroxylation is 1. The third kappa shape index (κ3) is 3.58. The summed E-state index contributed by atoms with van der Waals surface area (Å²) < 4.78 is 7.67. The van der Waals surface area contributed by atoms with Gasteiger partial charge in [-0.15, -0.1) is 0 Å². The van der Waals surface area contributed by atoms with Crippen molar-refractivity contribution in [2.24, 2.45) is 10.7 Å². The molecule has 2 aromatic carbocycles. The van der Waals surface area contributed by atoms with Gasteiger partial charge in [0.1, 0.15) is 5.75 Å². The highest BCUT2D eigenvalue weighted by Gasteiger charge is 2.21. The zero-order valence-corrected chi connectivity index (χ0v) is 16.2. The molecule has 0 fully saturated rings. The zero-order chi connectivity index (χ0) is 19.5. The lowest BCUT2D eigenvalue weighted by atomic mass is 10.0. The van der Waals surface area contributed by atoms with Crippen molar-refractivity contribution in [3.05, 3.63) is 77.1 Å². The summed E-state index contributed by atoms with van der Waals surface area (Å²) in [6.07, 6.45) is 0.858. The van der Waals surface area contributed by atoms with E-state index in [0.717, 1.165) is 40.4 Å². The molecule has 1 aliphatic heterocycles. The Hall–Kier alpha value is -3.28. The number of nitrogens with two attached hydrogens (primary N) is 1. The molecule has 0 spiro atoms. The summed E-state index contributed by atoms with van der Waals surface area (Å²) in [5.74, 6) is 1.35. The number of hydrogen-bond donors (Lipinski definition) is 2. The van der Waals surface area contributed by atoms with Crippen molar-refractivity contribution in [2.45, 2.75) is 32.9 Å². The maximum Gasteiger partial charge on any atom is 0.189 e. The van der Waals surface area contributed by atoms with Gasteiger partial charge in [0.2, 0.25) is 0 Å². The van der Waals surface area contributed by atoms with E-state index in [2.05, 4.69) is 28.4 Å². The highest BCUT2D eigenvalue weighted by atomic mass is 16.5. The lowest BCUT2D eigenvalue weighted by Crippen LogP contribution is -2.37. The summed E-state index contributed by atoms with van der Waals surface area (Å²) in [5, 5.41) is 8.02. The summed E-state index contributed by atoms with van der Waals surface area (Å²) in [4.78, 5) is 4.58. The molecule has 1 aromatic heterocycles. The Balaban J connectivity index is 1.50. The first kappa shape index (κ1) is 18.1.